The zero-order valence-electron chi connectivity index (χ0n) is 13.8. The second-order valence-corrected chi connectivity index (χ2v) is 7.22. The van der Waals surface area contributed by atoms with Crippen molar-refractivity contribution in [3.8, 4) is 0 Å². The second kappa shape index (κ2) is 5.64. The van der Waals surface area contributed by atoms with Gasteiger partial charge in [-0.1, -0.05) is 0 Å². The molecule has 24 heavy (non-hydrogen) atoms. The van der Waals surface area contributed by atoms with Crippen molar-refractivity contribution in [2.75, 3.05) is 18.9 Å². The largest absolute Gasteiger partial charge is 0.301 e. The van der Waals surface area contributed by atoms with Crippen LogP contribution < -0.4 is 5.32 Å². The Hall–Kier alpha value is -2.32. The van der Waals surface area contributed by atoms with E-state index in [4.69, 9.17) is 0 Å². The first-order valence-electron chi connectivity index (χ1n) is 7.79. The first-order chi connectivity index (χ1) is 11.5. The number of rotatable bonds is 2. The molecule has 0 fully saturated rings. The summed E-state index contributed by atoms with van der Waals surface area (Å²) >= 11 is 1.55. The second-order valence-electron chi connectivity index (χ2n) is 6.13. The van der Waals surface area contributed by atoms with Gasteiger partial charge in [0.1, 0.15) is 0 Å². The van der Waals surface area contributed by atoms with E-state index in [0.29, 0.717) is 10.7 Å². The maximum Gasteiger partial charge on any atom is 0.259 e. The highest BCUT2D eigenvalue weighted by Crippen LogP contribution is 2.28. The van der Waals surface area contributed by atoms with Crippen molar-refractivity contribution >= 4 is 33.4 Å². The molecule has 0 saturated heterocycles. The third-order valence-corrected chi connectivity index (χ3v) is 5.27. The van der Waals surface area contributed by atoms with E-state index < -0.39 is 0 Å². The number of carbonyl (C=O) groups excluding carboxylic acids is 1. The van der Waals surface area contributed by atoms with Crippen LogP contribution in [0.1, 0.15) is 26.6 Å². The molecule has 3 aromatic rings. The summed E-state index contributed by atoms with van der Waals surface area (Å²) in [5.74, 6) is -0.188. The van der Waals surface area contributed by atoms with Crippen LogP contribution in [0.3, 0.4) is 0 Å². The minimum atomic E-state index is -0.188. The fourth-order valence-electron chi connectivity index (χ4n) is 2.98. The number of pyridine rings is 1. The summed E-state index contributed by atoms with van der Waals surface area (Å²) in [6.45, 7) is 3.81. The average Bonchev–Trinajstić information content (AvgIpc) is 3.07. The van der Waals surface area contributed by atoms with Gasteiger partial charge in [0.2, 0.25) is 0 Å². The maximum atomic E-state index is 12.5. The predicted octanol–water partition coefficient (Wildman–Crippen LogP) is 1.97. The lowest BCUT2D eigenvalue weighted by Gasteiger charge is -2.20. The van der Waals surface area contributed by atoms with E-state index in [9.17, 15) is 4.79 Å². The van der Waals surface area contributed by atoms with Crippen molar-refractivity contribution in [1.29, 1.82) is 0 Å². The van der Waals surface area contributed by atoms with E-state index in [1.165, 1.54) is 4.88 Å². The number of hydrogen-bond acceptors (Lipinski definition) is 6. The molecular formula is C16H18N6OS. The molecule has 1 N–H and O–H groups in total. The summed E-state index contributed by atoms with van der Waals surface area (Å²) in [4.78, 5) is 24.9. The summed E-state index contributed by atoms with van der Waals surface area (Å²) in [5, 5.41) is 8.79. The molecule has 0 unspecified atom stereocenters. The lowest BCUT2D eigenvalue weighted by molar-refractivity contribution is 0.102. The van der Waals surface area contributed by atoms with Gasteiger partial charge in [-0.15, -0.1) is 11.3 Å². The Kier molecular flexibility index (Phi) is 3.58. The quantitative estimate of drug-likeness (QED) is 0.771. The molecule has 8 heteroatoms. The number of nitrogens with one attached hydrogen (secondary N) is 1. The highest BCUT2D eigenvalue weighted by atomic mass is 32.1. The van der Waals surface area contributed by atoms with Gasteiger partial charge in [0.15, 0.2) is 10.8 Å². The van der Waals surface area contributed by atoms with Crippen molar-refractivity contribution in [2.45, 2.75) is 19.9 Å². The van der Waals surface area contributed by atoms with Crippen LogP contribution in [-0.2, 0) is 20.0 Å². The fourth-order valence-corrected chi connectivity index (χ4v) is 4.06. The van der Waals surface area contributed by atoms with Gasteiger partial charge in [0.25, 0.3) is 5.91 Å². The van der Waals surface area contributed by atoms with Crippen LogP contribution in [-0.4, -0.2) is 44.1 Å². The van der Waals surface area contributed by atoms with Gasteiger partial charge < -0.3 is 4.90 Å². The summed E-state index contributed by atoms with van der Waals surface area (Å²) < 4.78 is 1.72. The van der Waals surface area contributed by atoms with Crippen LogP contribution in [0.5, 0.6) is 0 Å². The molecule has 0 aromatic carbocycles. The smallest absolute Gasteiger partial charge is 0.259 e. The number of hydrogen-bond donors (Lipinski definition) is 1. The predicted molar refractivity (Wildman–Crippen MR) is 93.4 cm³/mol. The molecule has 0 atom stereocenters. The van der Waals surface area contributed by atoms with Crippen molar-refractivity contribution in [1.82, 2.24) is 24.6 Å². The highest BCUT2D eigenvalue weighted by Gasteiger charge is 2.20. The molecule has 0 spiro atoms. The third kappa shape index (κ3) is 2.57. The summed E-state index contributed by atoms with van der Waals surface area (Å²) in [7, 11) is 3.94. The standard InChI is InChI=1S/C16H18N6OS/c1-9-11-6-10(7-17-14(11)22(3)20-9)15(23)19-16-18-12-4-5-21(2)8-13(12)24-16/h6-7H,4-5,8H2,1-3H3,(H,18,19,23). The van der Waals surface area contributed by atoms with Gasteiger partial charge in [0.05, 0.1) is 17.0 Å². The number of anilines is 1. The molecule has 7 nitrogen and oxygen atoms in total. The molecule has 1 amide bonds. The average molecular weight is 342 g/mol. The van der Waals surface area contributed by atoms with E-state index >= 15 is 0 Å². The van der Waals surface area contributed by atoms with Gasteiger partial charge in [-0.05, 0) is 20.0 Å². The number of nitrogens with zero attached hydrogens (tertiary/aromatic N) is 5. The number of aromatic nitrogens is 4. The van der Waals surface area contributed by atoms with Gasteiger partial charge in [-0.3, -0.25) is 14.8 Å². The zero-order chi connectivity index (χ0) is 16.8. The van der Waals surface area contributed by atoms with Gasteiger partial charge in [-0.2, -0.15) is 5.10 Å². The molecule has 0 aliphatic carbocycles. The van der Waals surface area contributed by atoms with Crippen LogP contribution in [0.25, 0.3) is 11.0 Å². The van der Waals surface area contributed by atoms with Crippen LogP contribution in [0.2, 0.25) is 0 Å². The van der Waals surface area contributed by atoms with Crippen LogP contribution in [0, 0.1) is 6.92 Å². The Morgan fingerprint density at radius 3 is 3.04 bits per heavy atom. The zero-order valence-corrected chi connectivity index (χ0v) is 14.6. The van der Waals surface area contributed by atoms with E-state index in [0.717, 1.165) is 41.9 Å². The first-order valence-corrected chi connectivity index (χ1v) is 8.61. The number of thiazole rings is 1. The molecule has 0 saturated carbocycles. The number of aryl methyl sites for hydroxylation is 2. The Morgan fingerprint density at radius 1 is 1.38 bits per heavy atom. The van der Waals surface area contributed by atoms with Crippen molar-refractivity contribution in [3.05, 3.63) is 34.1 Å². The number of fused-ring (bicyclic) bond motifs is 2. The normalized spacial score (nSPS) is 14.8. The summed E-state index contributed by atoms with van der Waals surface area (Å²) in [6.07, 6.45) is 2.51. The summed E-state index contributed by atoms with van der Waals surface area (Å²) in [6, 6.07) is 1.83. The molecule has 0 bridgehead atoms. The minimum absolute atomic E-state index is 0.188. The van der Waals surface area contributed by atoms with Crippen molar-refractivity contribution in [2.24, 2.45) is 7.05 Å². The fraction of sp³-hybridized carbons (Fsp3) is 0.375. The van der Waals surface area contributed by atoms with Crippen molar-refractivity contribution < 1.29 is 4.79 Å². The van der Waals surface area contributed by atoms with E-state index in [1.807, 2.05) is 20.0 Å². The maximum absolute atomic E-state index is 12.5. The molecular weight excluding hydrogens is 324 g/mol. The van der Waals surface area contributed by atoms with Gasteiger partial charge in [-0.25, -0.2) is 9.97 Å². The number of likely N-dealkylation sites (N-methyl/N-ethyl adjacent to an activating group) is 1. The molecule has 3 aromatic heterocycles. The minimum Gasteiger partial charge on any atom is -0.301 e. The lowest BCUT2D eigenvalue weighted by Crippen LogP contribution is -2.25. The van der Waals surface area contributed by atoms with Gasteiger partial charge >= 0.3 is 0 Å². The van der Waals surface area contributed by atoms with E-state index in [1.54, 1.807) is 22.2 Å². The van der Waals surface area contributed by atoms with Crippen LogP contribution >= 0.6 is 11.3 Å². The molecule has 4 rings (SSSR count). The molecule has 124 valence electrons. The Morgan fingerprint density at radius 2 is 2.21 bits per heavy atom. The van der Waals surface area contributed by atoms with Gasteiger partial charge in [0, 0.05) is 43.0 Å². The SMILES string of the molecule is Cc1nn(C)c2ncc(C(=O)Nc3nc4c(s3)CN(C)CC4)cc12. The topological polar surface area (TPSA) is 75.9 Å². The van der Waals surface area contributed by atoms with E-state index in [-0.39, 0.29) is 5.91 Å². The molecule has 4 heterocycles. The molecule has 1 aliphatic heterocycles. The number of amides is 1. The first kappa shape index (κ1) is 15.2. The van der Waals surface area contributed by atoms with Crippen molar-refractivity contribution in [3.63, 3.8) is 0 Å². The van der Waals surface area contributed by atoms with E-state index in [2.05, 4.69) is 32.3 Å². The Labute approximate surface area is 143 Å². The summed E-state index contributed by atoms with van der Waals surface area (Å²) in [5.41, 5.74) is 3.26. The molecule has 1 aliphatic rings. The Balaban J connectivity index is 1.59. The van der Waals surface area contributed by atoms with Crippen LogP contribution in [0.4, 0.5) is 5.13 Å². The van der Waals surface area contributed by atoms with Crippen LogP contribution in [0.15, 0.2) is 12.3 Å². The molecule has 0 radical (unpaired) electrons. The Bertz CT molecular complexity index is 944. The number of carbonyl (C=O) groups is 1. The third-order valence-electron chi connectivity index (χ3n) is 4.27. The lowest BCUT2D eigenvalue weighted by atomic mass is 10.2. The highest BCUT2D eigenvalue weighted by molar-refractivity contribution is 7.15. The monoisotopic (exact) mass is 342 g/mol.